The Morgan fingerprint density at radius 3 is 2.17 bits per heavy atom. The lowest BCUT2D eigenvalue weighted by Crippen LogP contribution is -2.58. The fourth-order valence-electron chi connectivity index (χ4n) is 0.708. The van der Waals surface area contributed by atoms with Gasteiger partial charge in [-0.05, 0) is 13.8 Å². The minimum atomic E-state index is -1.69. The van der Waals surface area contributed by atoms with Gasteiger partial charge in [0.05, 0.1) is 8.07 Å². The highest BCUT2D eigenvalue weighted by Crippen LogP contribution is 2.19. The van der Waals surface area contributed by atoms with Gasteiger partial charge in [0.25, 0.3) is 0 Å². The quantitative estimate of drug-likeness (QED) is 0.394. The van der Waals surface area contributed by atoms with Crippen molar-refractivity contribution in [3.63, 3.8) is 0 Å². The number of nitrogens with zero attached hydrogens (tertiary/aromatic N) is 1. The summed E-state index contributed by atoms with van der Waals surface area (Å²) in [5.41, 5.74) is 5.68. The van der Waals surface area contributed by atoms with E-state index >= 15 is 0 Å². The van der Waals surface area contributed by atoms with Crippen LogP contribution >= 0.6 is 0 Å². The van der Waals surface area contributed by atoms with Crippen LogP contribution in [0, 0.1) is 0 Å². The van der Waals surface area contributed by atoms with E-state index in [0.717, 1.165) is 0 Å². The molecule has 0 aliphatic rings. The van der Waals surface area contributed by atoms with E-state index in [0.29, 0.717) is 12.4 Å². The predicted molar refractivity (Wildman–Crippen MR) is 56.1 cm³/mol. The molecule has 0 spiro atoms. The monoisotopic (exact) mass is 188 g/mol. The molecule has 0 fully saturated rings. The van der Waals surface area contributed by atoms with Crippen molar-refractivity contribution < 1.29 is 5.11 Å². The fourth-order valence-corrected chi connectivity index (χ4v) is 1.56. The zero-order valence-electron chi connectivity index (χ0n) is 8.68. The van der Waals surface area contributed by atoms with E-state index in [9.17, 15) is 5.11 Å². The Kier molecular flexibility index (Phi) is 3.47. The number of nitrogens with two attached hydrogens (primary N) is 1. The molecular weight excluding hydrogens is 168 g/mol. The number of rotatable bonds is 3. The van der Waals surface area contributed by atoms with Crippen molar-refractivity contribution in [2.45, 2.75) is 38.7 Å². The van der Waals surface area contributed by atoms with Gasteiger partial charge in [-0.1, -0.05) is 19.6 Å². The first-order chi connectivity index (χ1) is 5.23. The van der Waals surface area contributed by atoms with Gasteiger partial charge in [0.2, 0.25) is 0 Å². The van der Waals surface area contributed by atoms with Gasteiger partial charge in [-0.25, -0.2) is 0 Å². The Balaban J connectivity index is 4.73. The number of amidine groups is 1. The highest BCUT2D eigenvalue weighted by molar-refractivity contribution is 6.82. The number of aliphatic hydroxyl groups is 1. The first-order valence-electron chi connectivity index (χ1n) is 4.26. The Bertz CT molecular complexity index is 182. The van der Waals surface area contributed by atoms with Crippen molar-refractivity contribution in [2.24, 2.45) is 10.7 Å². The summed E-state index contributed by atoms with van der Waals surface area (Å²) in [5.74, 6) is 0.379. The third kappa shape index (κ3) is 2.32. The predicted octanol–water partition coefficient (Wildman–Crippen LogP) is 0.992. The van der Waals surface area contributed by atoms with Gasteiger partial charge in [-0.15, -0.1) is 0 Å². The molecule has 0 radical (unpaired) electrons. The van der Waals surface area contributed by atoms with Crippen molar-refractivity contribution >= 4 is 13.9 Å². The summed E-state index contributed by atoms with van der Waals surface area (Å²) in [4.78, 5) is 4.04. The first kappa shape index (κ1) is 11.6. The normalized spacial score (nSPS) is 19.0. The summed E-state index contributed by atoms with van der Waals surface area (Å²) in [6.45, 7) is 10.5. The highest BCUT2D eigenvalue weighted by Gasteiger charge is 2.40. The van der Waals surface area contributed by atoms with Crippen LogP contribution in [-0.2, 0) is 0 Å². The Hall–Kier alpha value is -0.353. The van der Waals surface area contributed by atoms with Crippen LogP contribution in [-0.4, -0.2) is 30.8 Å². The van der Waals surface area contributed by atoms with Crippen molar-refractivity contribution in [1.82, 2.24) is 0 Å². The molecule has 0 aromatic carbocycles. The lowest BCUT2D eigenvalue weighted by molar-refractivity contribution is 0.205. The molecule has 0 saturated heterocycles. The summed E-state index contributed by atoms with van der Waals surface area (Å²) in [6, 6.07) is 0. The molecule has 1 unspecified atom stereocenters. The van der Waals surface area contributed by atoms with Crippen LogP contribution < -0.4 is 5.73 Å². The Morgan fingerprint density at radius 2 is 1.92 bits per heavy atom. The van der Waals surface area contributed by atoms with E-state index in [2.05, 4.69) is 24.6 Å². The van der Waals surface area contributed by atoms with Crippen molar-refractivity contribution in [2.75, 3.05) is 6.54 Å². The summed E-state index contributed by atoms with van der Waals surface area (Å²) < 4.78 is 0. The fraction of sp³-hybridized carbons (Fsp3) is 0.875. The average Bonchev–Trinajstić information content (AvgIpc) is 1.85. The van der Waals surface area contributed by atoms with Gasteiger partial charge in [0.15, 0.2) is 0 Å². The SMILES string of the molecule is CCN=C(N)C(C)(O)[Si](C)(C)C. The smallest absolute Gasteiger partial charge is 0.122 e. The average molecular weight is 188 g/mol. The van der Waals surface area contributed by atoms with Crippen LogP contribution in [0.3, 0.4) is 0 Å². The molecule has 0 amide bonds. The molecule has 0 rings (SSSR count). The summed E-state index contributed by atoms with van der Waals surface area (Å²) in [6.07, 6.45) is 0. The maximum atomic E-state index is 10.1. The van der Waals surface area contributed by atoms with Gasteiger partial charge < -0.3 is 10.8 Å². The molecule has 0 aromatic heterocycles. The van der Waals surface area contributed by atoms with E-state index in [1.54, 1.807) is 6.92 Å². The number of aliphatic imine (C=N–C) groups is 1. The lowest BCUT2D eigenvalue weighted by Gasteiger charge is -2.34. The van der Waals surface area contributed by atoms with Gasteiger partial charge in [0, 0.05) is 6.54 Å². The van der Waals surface area contributed by atoms with Crippen LogP contribution in [0.25, 0.3) is 0 Å². The zero-order chi connectivity index (χ0) is 9.99. The number of hydrogen-bond donors (Lipinski definition) is 2. The molecule has 4 heteroatoms. The van der Waals surface area contributed by atoms with E-state index < -0.39 is 13.3 Å². The molecule has 3 nitrogen and oxygen atoms in total. The van der Waals surface area contributed by atoms with Gasteiger partial charge in [0.1, 0.15) is 11.1 Å². The summed E-state index contributed by atoms with van der Waals surface area (Å²) in [5, 5.41) is 9.17. The second kappa shape index (κ2) is 3.58. The van der Waals surface area contributed by atoms with Crippen LogP contribution in [0.2, 0.25) is 19.6 Å². The standard InChI is InChI=1S/C8H20N2OSi/c1-6-10-7(9)8(2,11)12(3,4)5/h11H,6H2,1-5H3,(H2,9,10). The third-order valence-corrected chi connectivity index (χ3v) is 5.46. The first-order valence-corrected chi connectivity index (χ1v) is 7.76. The van der Waals surface area contributed by atoms with E-state index in [-0.39, 0.29) is 0 Å². The van der Waals surface area contributed by atoms with Crippen LogP contribution in [0.4, 0.5) is 0 Å². The van der Waals surface area contributed by atoms with Crippen molar-refractivity contribution in [1.29, 1.82) is 0 Å². The molecule has 0 bridgehead atoms. The molecule has 12 heavy (non-hydrogen) atoms. The maximum Gasteiger partial charge on any atom is 0.122 e. The minimum Gasteiger partial charge on any atom is -0.386 e. The van der Waals surface area contributed by atoms with E-state index in [1.807, 2.05) is 6.92 Å². The van der Waals surface area contributed by atoms with E-state index in [1.165, 1.54) is 0 Å². The zero-order valence-corrected chi connectivity index (χ0v) is 9.68. The van der Waals surface area contributed by atoms with Gasteiger partial charge in [-0.2, -0.15) is 0 Å². The van der Waals surface area contributed by atoms with Crippen molar-refractivity contribution in [3.8, 4) is 0 Å². The lowest BCUT2D eigenvalue weighted by atomic mass is 10.3. The van der Waals surface area contributed by atoms with E-state index in [4.69, 9.17) is 5.73 Å². The van der Waals surface area contributed by atoms with Crippen molar-refractivity contribution in [3.05, 3.63) is 0 Å². The Labute approximate surface area is 75.7 Å². The number of hydrogen-bond acceptors (Lipinski definition) is 2. The van der Waals surface area contributed by atoms with Gasteiger partial charge >= 0.3 is 0 Å². The summed E-state index contributed by atoms with van der Waals surface area (Å²) >= 11 is 0. The highest BCUT2D eigenvalue weighted by atomic mass is 28.3. The molecular formula is C8H20N2OSi. The molecule has 3 N–H and O–H groups in total. The second-order valence-electron chi connectivity index (χ2n) is 4.18. The maximum absolute atomic E-state index is 10.1. The molecule has 0 aliphatic carbocycles. The Morgan fingerprint density at radius 1 is 1.50 bits per heavy atom. The molecule has 0 heterocycles. The van der Waals surface area contributed by atoms with Crippen LogP contribution in [0.1, 0.15) is 13.8 Å². The van der Waals surface area contributed by atoms with Crippen LogP contribution in [0.15, 0.2) is 4.99 Å². The van der Waals surface area contributed by atoms with Crippen LogP contribution in [0.5, 0.6) is 0 Å². The molecule has 72 valence electrons. The molecule has 0 saturated carbocycles. The third-order valence-electron chi connectivity index (χ3n) is 2.29. The molecule has 0 aromatic rings. The topological polar surface area (TPSA) is 58.6 Å². The van der Waals surface area contributed by atoms with Gasteiger partial charge in [-0.3, -0.25) is 4.99 Å². The minimum absolute atomic E-state index is 0.379. The molecule has 0 aliphatic heterocycles. The summed E-state index contributed by atoms with van der Waals surface area (Å²) in [7, 11) is -1.69. The largest absolute Gasteiger partial charge is 0.386 e. The second-order valence-corrected chi connectivity index (χ2v) is 9.66. The molecule has 1 atom stereocenters.